The third-order valence-corrected chi connectivity index (χ3v) is 1.76. The summed E-state index contributed by atoms with van der Waals surface area (Å²) in [6.07, 6.45) is 22.0. The van der Waals surface area contributed by atoms with Crippen molar-refractivity contribution >= 4 is 0 Å². The van der Waals surface area contributed by atoms with Crippen molar-refractivity contribution in [3.05, 3.63) is 48.6 Å². The Hall–Kier alpha value is -1.04. The highest BCUT2D eigenvalue weighted by Crippen LogP contribution is 1.98. The van der Waals surface area contributed by atoms with Crippen LogP contribution in [0.2, 0.25) is 0 Å². The van der Waals surface area contributed by atoms with Crippen molar-refractivity contribution < 1.29 is 0 Å². The molecule has 12 heavy (non-hydrogen) atoms. The van der Waals surface area contributed by atoms with Crippen LogP contribution >= 0.6 is 0 Å². The minimum atomic E-state index is 1.05. The molecule has 64 valence electrons. The topological polar surface area (TPSA) is 0 Å². The van der Waals surface area contributed by atoms with Gasteiger partial charge in [-0.25, -0.2) is 0 Å². The smallest absolute Gasteiger partial charge is 0.0166 e. The van der Waals surface area contributed by atoms with E-state index in [1.54, 1.807) is 0 Å². The molecule has 0 aromatic rings. The summed E-state index contributed by atoms with van der Waals surface area (Å²) >= 11 is 0. The molecule has 0 heterocycles. The van der Waals surface area contributed by atoms with Crippen LogP contribution in [0.3, 0.4) is 0 Å². The van der Waals surface area contributed by atoms with E-state index in [-0.39, 0.29) is 0 Å². The van der Waals surface area contributed by atoms with Crippen molar-refractivity contribution in [3.63, 3.8) is 0 Å². The van der Waals surface area contributed by atoms with Crippen molar-refractivity contribution in [3.8, 4) is 0 Å². The highest BCUT2D eigenvalue weighted by atomic mass is 13.8. The second-order valence-corrected chi connectivity index (χ2v) is 2.85. The Morgan fingerprint density at radius 2 is 1.08 bits per heavy atom. The lowest BCUT2D eigenvalue weighted by Gasteiger charge is -1.88. The summed E-state index contributed by atoms with van der Waals surface area (Å²) in [5, 5.41) is 0. The SMILES string of the molecule is C1=CCCC=CCC=CC/C=C/1. The first-order valence-electron chi connectivity index (χ1n) is 4.62. The van der Waals surface area contributed by atoms with Gasteiger partial charge in [-0.05, 0) is 25.7 Å². The summed E-state index contributed by atoms with van der Waals surface area (Å²) < 4.78 is 0. The average Bonchev–Trinajstić information content (AvgIpc) is 2.05. The highest BCUT2D eigenvalue weighted by Gasteiger charge is 1.77. The Kier molecular flexibility index (Phi) is 5.02. The molecule has 0 aromatic carbocycles. The molecule has 0 aliphatic heterocycles. The summed E-state index contributed by atoms with van der Waals surface area (Å²) in [6.45, 7) is 0. The van der Waals surface area contributed by atoms with Crippen LogP contribution in [0.1, 0.15) is 25.7 Å². The van der Waals surface area contributed by atoms with Gasteiger partial charge < -0.3 is 0 Å². The zero-order chi connectivity index (χ0) is 8.49. The van der Waals surface area contributed by atoms with E-state index < -0.39 is 0 Å². The number of hydrogen-bond donors (Lipinski definition) is 0. The van der Waals surface area contributed by atoms with Gasteiger partial charge >= 0.3 is 0 Å². The number of hydrogen-bond acceptors (Lipinski definition) is 0. The summed E-state index contributed by atoms with van der Waals surface area (Å²) in [6, 6.07) is 0. The maximum atomic E-state index is 2.25. The van der Waals surface area contributed by atoms with Crippen LogP contribution < -0.4 is 0 Å². The molecule has 0 spiro atoms. The van der Waals surface area contributed by atoms with E-state index >= 15 is 0 Å². The molecule has 0 heteroatoms. The molecule has 0 atom stereocenters. The monoisotopic (exact) mass is 160 g/mol. The first kappa shape index (κ1) is 9.05. The molecule has 0 radical (unpaired) electrons. The van der Waals surface area contributed by atoms with Crippen LogP contribution in [-0.2, 0) is 0 Å². The van der Waals surface area contributed by atoms with E-state index in [0.717, 1.165) is 25.7 Å². The summed E-state index contributed by atoms with van der Waals surface area (Å²) in [5.74, 6) is 0. The Morgan fingerprint density at radius 1 is 0.500 bits per heavy atom. The van der Waals surface area contributed by atoms with Gasteiger partial charge in [-0.2, -0.15) is 0 Å². The van der Waals surface area contributed by atoms with Crippen LogP contribution in [0.25, 0.3) is 0 Å². The molecule has 1 rings (SSSR count). The lowest BCUT2D eigenvalue weighted by Crippen LogP contribution is -1.67. The molecule has 0 bridgehead atoms. The third kappa shape index (κ3) is 4.73. The van der Waals surface area contributed by atoms with Gasteiger partial charge in [0.2, 0.25) is 0 Å². The van der Waals surface area contributed by atoms with E-state index in [2.05, 4.69) is 48.6 Å². The molecule has 0 aromatic heterocycles. The van der Waals surface area contributed by atoms with Crippen LogP contribution in [0.5, 0.6) is 0 Å². The van der Waals surface area contributed by atoms with Crippen molar-refractivity contribution in [1.82, 2.24) is 0 Å². The normalized spacial score (nSPS) is 21.3. The highest BCUT2D eigenvalue weighted by molar-refractivity contribution is 5.06. The van der Waals surface area contributed by atoms with E-state index in [1.165, 1.54) is 0 Å². The molecule has 0 N–H and O–H groups in total. The second-order valence-electron chi connectivity index (χ2n) is 2.85. The summed E-state index contributed by atoms with van der Waals surface area (Å²) in [4.78, 5) is 0. The van der Waals surface area contributed by atoms with Crippen molar-refractivity contribution in [2.75, 3.05) is 0 Å². The predicted octanol–water partition coefficient (Wildman–Crippen LogP) is 3.79. The van der Waals surface area contributed by atoms with Gasteiger partial charge in [-0.1, -0.05) is 48.6 Å². The Balaban J connectivity index is 2.41. The van der Waals surface area contributed by atoms with Gasteiger partial charge in [0, 0.05) is 0 Å². The van der Waals surface area contributed by atoms with Crippen molar-refractivity contribution in [2.45, 2.75) is 25.7 Å². The fourth-order valence-corrected chi connectivity index (χ4v) is 1.09. The van der Waals surface area contributed by atoms with Gasteiger partial charge in [0.15, 0.2) is 0 Å². The average molecular weight is 160 g/mol. The standard InChI is InChI=1S/C12H16/c1-2-4-6-8-10-12-11-9-7-5-3-1/h1-4,7,9-10,12H,5-6,8,11H2/b3-1+,4-2?,9-7?,12-10?. The zero-order valence-corrected chi connectivity index (χ0v) is 7.45. The molecule has 0 saturated carbocycles. The molecule has 0 fully saturated rings. The molecule has 0 nitrogen and oxygen atoms in total. The van der Waals surface area contributed by atoms with Gasteiger partial charge in [-0.15, -0.1) is 0 Å². The van der Waals surface area contributed by atoms with Gasteiger partial charge in [0.1, 0.15) is 0 Å². The largest absolute Gasteiger partial charge is 0.0879 e. The second kappa shape index (κ2) is 6.66. The van der Waals surface area contributed by atoms with Crippen LogP contribution in [0.4, 0.5) is 0 Å². The lowest BCUT2D eigenvalue weighted by molar-refractivity contribution is 1.04. The summed E-state index contributed by atoms with van der Waals surface area (Å²) in [5.41, 5.74) is 0. The lowest BCUT2D eigenvalue weighted by atomic mass is 10.2. The van der Waals surface area contributed by atoms with Crippen LogP contribution in [0, 0.1) is 0 Å². The van der Waals surface area contributed by atoms with Crippen molar-refractivity contribution in [1.29, 1.82) is 0 Å². The van der Waals surface area contributed by atoms with E-state index in [0.29, 0.717) is 0 Å². The number of allylic oxidation sites excluding steroid dienone is 8. The predicted molar refractivity (Wildman–Crippen MR) is 55.0 cm³/mol. The molecule has 0 amide bonds. The van der Waals surface area contributed by atoms with Crippen LogP contribution in [-0.4, -0.2) is 0 Å². The molecular formula is C12H16. The van der Waals surface area contributed by atoms with Crippen molar-refractivity contribution in [2.24, 2.45) is 0 Å². The van der Waals surface area contributed by atoms with E-state index in [9.17, 15) is 0 Å². The molecular weight excluding hydrogens is 144 g/mol. The molecule has 0 saturated heterocycles. The van der Waals surface area contributed by atoms with Gasteiger partial charge in [0.05, 0.1) is 0 Å². The molecule has 1 aliphatic rings. The quantitative estimate of drug-likeness (QED) is 0.473. The first-order chi connectivity index (χ1) is 6.00. The third-order valence-electron chi connectivity index (χ3n) is 1.76. The van der Waals surface area contributed by atoms with E-state index in [1.807, 2.05) is 0 Å². The fourth-order valence-electron chi connectivity index (χ4n) is 1.09. The first-order valence-corrected chi connectivity index (χ1v) is 4.62. The van der Waals surface area contributed by atoms with Crippen LogP contribution in [0.15, 0.2) is 48.6 Å². The molecule has 1 aliphatic carbocycles. The van der Waals surface area contributed by atoms with E-state index in [4.69, 9.17) is 0 Å². The number of rotatable bonds is 0. The maximum Gasteiger partial charge on any atom is -0.0166 e. The van der Waals surface area contributed by atoms with Gasteiger partial charge in [0.25, 0.3) is 0 Å². The minimum absolute atomic E-state index is 1.05. The summed E-state index contributed by atoms with van der Waals surface area (Å²) in [7, 11) is 0. The molecule has 0 unspecified atom stereocenters. The van der Waals surface area contributed by atoms with Gasteiger partial charge in [-0.3, -0.25) is 0 Å². The fraction of sp³-hybridized carbons (Fsp3) is 0.333. The maximum absolute atomic E-state index is 2.25. The Bertz CT molecular complexity index is 204. The zero-order valence-electron chi connectivity index (χ0n) is 7.45. The Labute approximate surface area is 75.0 Å². The Morgan fingerprint density at radius 3 is 2.00 bits per heavy atom. The minimum Gasteiger partial charge on any atom is -0.0879 e.